The van der Waals surface area contributed by atoms with Gasteiger partial charge in [-0.25, -0.2) is 8.42 Å². The SMILES string of the molecule is COc1ccc(CNC(=O)[C@H]2CCS(=O)(=O)C2)cc1. The molecule has 1 aliphatic heterocycles. The fourth-order valence-electron chi connectivity index (χ4n) is 2.08. The van der Waals surface area contributed by atoms with Gasteiger partial charge in [-0.1, -0.05) is 12.1 Å². The van der Waals surface area contributed by atoms with E-state index in [-0.39, 0.29) is 17.4 Å². The van der Waals surface area contributed by atoms with E-state index in [4.69, 9.17) is 4.74 Å². The maximum Gasteiger partial charge on any atom is 0.224 e. The van der Waals surface area contributed by atoms with Gasteiger partial charge in [0.25, 0.3) is 0 Å². The highest BCUT2D eigenvalue weighted by Crippen LogP contribution is 2.18. The van der Waals surface area contributed by atoms with Crippen LogP contribution in [-0.4, -0.2) is 32.9 Å². The van der Waals surface area contributed by atoms with Crippen LogP contribution >= 0.6 is 0 Å². The summed E-state index contributed by atoms with van der Waals surface area (Å²) in [6.45, 7) is 0.402. The van der Waals surface area contributed by atoms with Crippen molar-refractivity contribution in [1.82, 2.24) is 5.32 Å². The third-order valence-electron chi connectivity index (χ3n) is 3.23. The number of carbonyl (C=O) groups excluding carboxylic acids is 1. The zero-order chi connectivity index (χ0) is 13.9. The number of methoxy groups -OCH3 is 1. The van der Waals surface area contributed by atoms with E-state index in [2.05, 4.69) is 5.32 Å². The summed E-state index contributed by atoms with van der Waals surface area (Å²) in [4.78, 5) is 11.8. The molecule has 1 aromatic carbocycles. The molecule has 0 unspecified atom stereocenters. The lowest BCUT2D eigenvalue weighted by Gasteiger charge is -2.09. The number of carbonyl (C=O) groups is 1. The monoisotopic (exact) mass is 283 g/mol. The highest BCUT2D eigenvalue weighted by Gasteiger charge is 2.32. The van der Waals surface area contributed by atoms with Crippen molar-refractivity contribution in [2.45, 2.75) is 13.0 Å². The van der Waals surface area contributed by atoms with Crippen LogP contribution in [-0.2, 0) is 21.2 Å². The molecule has 19 heavy (non-hydrogen) atoms. The number of amides is 1. The number of hydrogen-bond donors (Lipinski definition) is 1. The van der Waals surface area contributed by atoms with Gasteiger partial charge in [0.1, 0.15) is 5.75 Å². The molecule has 1 fully saturated rings. The van der Waals surface area contributed by atoms with Crippen molar-refractivity contribution in [2.75, 3.05) is 18.6 Å². The summed E-state index contributed by atoms with van der Waals surface area (Å²) in [5.74, 6) is 0.270. The van der Waals surface area contributed by atoms with Crippen molar-refractivity contribution in [3.8, 4) is 5.75 Å². The summed E-state index contributed by atoms with van der Waals surface area (Å²) < 4.78 is 27.6. The molecule has 104 valence electrons. The van der Waals surface area contributed by atoms with Crippen molar-refractivity contribution in [3.63, 3.8) is 0 Å². The fourth-order valence-corrected chi connectivity index (χ4v) is 3.82. The van der Waals surface area contributed by atoms with Crippen LogP contribution in [0.3, 0.4) is 0 Å². The van der Waals surface area contributed by atoms with Gasteiger partial charge in [-0.15, -0.1) is 0 Å². The lowest BCUT2D eigenvalue weighted by atomic mass is 10.1. The van der Waals surface area contributed by atoms with Crippen LogP contribution in [0.4, 0.5) is 0 Å². The number of hydrogen-bond acceptors (Lipinski definition) is 4. The minimum atomic E-state index is -3.01. The second-order valence-electron chi connectivity index (χ2n) is 4.67. The molecular weight excluding hydrogens is 266 g/mol. The fraction of sp³-hybridized carbons (Fsp3) is 0.462. The Bertz CT molecular complexity index is 551. The van der Waals surface area contributed by atoms with Crippen molar-refractivity contribution in [2.24, 2.45) is 5.92 Å². The summed E-state index contributed by atoms with van der Waals surface area (Å²) in [5, 5.41) is 2.77. The van der Waals surface area contributed by atoms with Crippen LogP contribution in [0.25, 0.3) is 0 Å². The van der Waals surface area contributed by atoms with E-state index in [1.165, 1.54) is 0 Å². The first-order chi connectivity index (χ1) is 9.00. The lowest BCUT2D eigenvalue weighted by molar-refractivity contribution is -0.124. The molecule has 0 radical (unpaired) electrons. The van der Waals surface area contributed by atoms with Gasteiger partial charge < -0.3 is 10.1 Å². The van der Waals surface area contributed by atoms with E-state index in [9.17, 15) is 13.2 Å². The number of ether oxygens (including phenoxy) is 1. The smallest absolute Gasteiger partial charge is 0.224 e. The van der Waals surface area contributed by atoms with Gasteiger partial charge in [0.15, 0.2) is 9.84 Å². The first-order valence-corrected chi connectivity index (χ1v) is 7.93. The standard InChI is InChI=1S/C13H17NO4S/c1-18-12-4-2-10(3-5-12)8-14-13(15)11-6-7-19(16,17)9-11/h2-5,11H,6-9H2,1H3,(H,14,15)/t11-/m0/s1. The Morgan fingerprint density at radius 3 is 2.58 bits per heavy atom. The van der Waals surface area contributed by atoms with Crippen molar-refractivity contribution >= 4 is 15.7 Å². The van der Waals surface area contributed by atoms with E-state index in [1.807, 2.05) is 24.3 Å². The molecule has 6 heteroatoms. The number of benzene rings is 1. The van der Waals surface area contributed by atoms with Gasteiger partial charge in [0.05, 0.1) is 24.5 Å². The molecular formula is C13H17NO4S. The Labute approximate surface area is 112 Å². The predicted molar refractivity (Wildman–Crippen MR) is 71.6 cm³/mol. The Kier molecular flexibility index (Phi) is 4.09. The third-order valence-corrected chi connectivity index (χ3v) is 5.00. The van der Waals surface area contributed by atoms with Crippen molar-refractivity contribution < 1.29 is 17.9 Å². The second kappa shape index (κ2) is 5.61. The summed E-state index contributed by atoms with van der Waals surface area (Å²) in [5.41, 5.74) is 0.954. The Hall–Kier alpha value is -1.56. The average molecular weight is 283 g/mol. The highest BCUT2D eigenvalue weighted by atomic mass is 32.2. The van der Waals surface area contributed by atoms with Gasteiger partial charge in [-0.05, 0) is 24.1 Å². The first-order valence-electron chi connectivity index (χ1n) is 6.11. The zero-order valence-corrected chi connectivity index (χ0v) is 11.6. The maximum absolute atomic E-state index is 11.8. The molecule has 0 aliphatic carbocycles. The number of nitrogens with one attached hydrogen (secondary N) is 1. The molecule has 0 spiro atoms. The topological polar surface area (TPSA) is 72.5 Å². The molecule has 1 amide bonds. The minimum Gasteiger partial charge on any atom is -0.497 e. The zero-order valence-electron chi connectivity index (χ0n) is 10.8. The largest absolute Gasteiger partial charge is 0.497 e. The quantitative estimate of drug-likeness (QED) is 0.885. The van der Waals surface area contributed by atoms with Crippen LogP contribution < -0.4 is 10.1 Å². The van der Waals surface area contributed by atoms with Gasteiger partial charge >= 0.3 is 0 Å². The summed E-state index contributed by atoms with van der Waals surface area (Å²) in [6.07, 6.45) is 0.427. The van der Waals surface area contributed by atoms with E-state index in [0.717, 1.165) is 11.3 Å². The molecule has 1 aromatic rings. The van der Waals surface area contributed by atoms with Crippen LogP contribution in [0.1, 0.15) is 12.0 Å². The summed E-state index contributed by atoms with van der Waals surface area (Å²) in [6, 6.07) is 7.37. The average Bonchev–Trinajstić information content (AvgIpc) is 2.77. The molecule has 1 saturated heterocycles. The number of sulfone groups is 1. The predicted octanol–water partition coefficient (Wildman–Crippen LogP) is 0.746. The van der Waals surface area contributed by atoms with Gasteiger partial charge in [0.2, 0.25) is 5.91 Å². The third kappa shape index (κ3) is 3.70. The molecule has 1 aliphatic rings. The van der Waals surface area contributed by atoms with E-state index in [0.29, 0.717) is 13.0 Å². The lowest BCUT2D eigenvalue weighted by Crippen LogP contribution is -2.30. The van der Waals surface area contributed by atoms with Crippen LogP contribution in [0.5, 0.6) is 5.75 Å². The highest BCUT2D eigenvalue weighted by molar-refractivity contribution is 7.91. The molecule has 0 bridgehead atoms. The van der Waals surface area contributed by atoms with Crippen LogP contribution in [0, 0.1) is 5.92 Å². The van der Waals surface area contributed by atoms with Crippen LogP contribution in [0.15, 0.2) is 24.3 Å². The van der Waals surface area contributed by atoms with E-state index < -0.39 is 15.8 Å². The second-order valence-corrected chi connectivity index (χ2v) is 6.89. The van der Waals surface area contributed by atoms with E-state index in [1.54, 1.807) is 7.11 Å². The molecule has 0 saturated carbocycles. The maximum atomic E-state index is 11.8. The number of rotatable bonds is 4. The molecule has 5 nitrogen and oxygen atoms in total. The molecule has 1 N–H and O–H groups in total. The molecule has 2 rings (SSSR count). The van der Waals surface area contributed by atoms with E-state index >= 15 is 0 Å². The first kappa shape index (κ1) is 13.9. The van der Waals surface area contributed by atoms with Crippen molar-refractivity contribution in [3.05, 3.63) is 29.8 Å². The van der Waals surface area contributed by atoms with Gasteiger partial charge in [0, 0.05) is 6.54 Å². The molecule has 1 heterocycles. The van der Waals surface area contributed by atoms with Crippen molar-refractivity contribution in [1.29, 1.82) is 0 Å². The van der Waals surface area contributed by atoms with Crippen LogP contribution in [0.2, 0.25) is 0 Å². The minimum absolute atomic E-state index is 0.0263. The Balaban J connectivity index is 1.86. The summed E-state index contributed by atoms with van der Waals surface area (Å²) in [7, 11) is -1.42. The summed E-state index contributed by atoms with van der Waals surface area (Å²) >= 11 is 0. The molecule has 1 atom stereocenters. The normalized spacial score (nSPS) is 21.0. The Morgan fingerprint density at radius 1 is 1.37 bits per heavy atom. The molecule has 0 aromatic heterocycles. The Morgan fingerprint density at radius 2 is 2.05 bits per heavy atom. The van der Waals surface area contributed by atoms with Gasteiger partial charge in [-0.2, -0.15) is 0 Å². The van der Waals surface area contributed by atoms with Gasteiger partial charge in [-0.3, -0.25) is 4.79 Å².